The van der Waals surface area contributed by atoms with Crippen LogP contribution in [0.5, 0.6) is 0 Å². The molecule has 0 aliphatic rings. The Balaban J connectivity index is 1.83. The van der Waals surface area contributed by atoms with Crippen LogP contribution in [0.1, 0.15) is 0 Å². The number of hydrogen-bond donors (Lipinski definition) is 0. The van der Waals surface area contributed by atoms with Crippen LogP contribution in [-0.2, 0) is 0 Å². The number of benzene rings is 3. The van der Waals surface area contributed by atoms with Crippen LogP contribution in [0.25, 0.3) is 65.0 Å². The molecule has 156 valence electrons. The second-order valence-corrected chi connectivity index (χ2v) is 6.84. The summed E-state index contributed by atoms with van der Waals surface area (Å²) in [4.78, 5) is 13.2. The molecule has 0 spiro atoms. The number of aromatic nitrogens is 1. The summed E-state index contributed by atoms with van der Waals surface area (Å²) in [5, 5.41) is 10.8. The zero-order chi connectivity index (χ0) is 23.0. The minimum absolute atomic E-state index is 0.514. The highest BCUT2D eigenvalue weighted by Gasteiger charge is 2.09. The lowest BCUT2D eigenvalue weighted by atomic mass is 9.99. The van der Waals surface area contributed by atoms with E-state index in [0.717, 1.165) is 33.6 Å². The second-order valence-electron chi connectivity index (χ2n) is 6.84. The van der Waals surface area contributed by atoms with Gasteiger partial charge in [0.2, 0.25) is 0 Å². The molecule has 0 saturated heterocycles. The maximum atomic E-state index is 8.63. The molecule has 3 aromatic carbocycles. The molecule has 1 heterocycles. The van der Waals surface area contributed by atoms with Gasteiger partial charge in [-0.1, -0.05) is 88.1 Å². The van der Waals surface area contributed by atoms with E-state index in [1.165, 1.54) is 0 Å². The van der Waals surface area contributed by atoms with Gasteiger partial charge in [-0.15, -0.1) is 0 Å². The number of pyridine rings is 1. The van der Waals surface area contributed by atoms with Gasteiger partial charge in [0.05, 0.1) is 11.4 Å². The summed E-state index contributed by atoms with van der Waals surface area (Å²) in [5.74, 6) is 0. The highest BCUT2D eigenvalue weighted by Crippen LogP contribution is 2.32. The van der Waals surface area contributed by atoms with Gasteiger partial charge >= 0.3 is 0 Å². The minimum atomic E-state index is 0.514. The van der Waals surface area contributed by atoms with Gasteiger partial charge in [-0.3, -0.25) is 0 Å². The molecule has 4 aromatic rings. The van der Waals surface area contributed by atoms with E-state index < -0.39 is 0 Å². The van der Waals surface area contributed by atoms with Crippen LogP contribution in [-0.4, -0.2) is 4.98 Å². The van der Waals surface area contributed by atoms with E-state index in [0.29, 0.717) is 17.1 Å². The van der Waals surface area contributed by atoms with E-state index in [1.54, 1.807) is 36.4 Å². The Morgan fingerprint density at radius 2 is 0.788 bits per heavy atom. The van der Waals surface area contributed by atoms with E-state index in [-0.39, 0.29) is 0 Å². The Bertz CT molecular complexity index is 1250. The fraction of sp³-hybridized carbons (Fsp3) is 0. The number of nitrogens with zero attached hydrogens (tertiary/aromatic N) is 10. The zero-order valence-electron chi connectivity index (χ0n) is 17.1. The minimum Gasteiger partial charge on any atom is -0.248 e. The van der Waals surface area contributed by atoms with Gasteiger partial charge in [0, 0.05) is 42.9 Å². The summed E-state index contributed by atoms with van der Waals surface area (Å²) in [6, 6.07) is 25.5. The molecule has 0 N–H and O–H groups in total. The first kappa shape index (κ1) is 21.0. The van der Waals surface area contributed by atoms with E-state index in [1.807, 2.05) is 48.5 Å². The predicted octanol–water partition coefficient (Wildman–Crippen LogP) is 8.91. The molecule has 33 heavy (non-hydrogen) atoms. The van der Waals surface area contributed by atoms with Gasteiger partial charge in [0.1, 0.15) is 0 Å². The molecule has 0 saturated carbocycles. The molecule has 0 radical (unpaired) electrons. The fourth-order valence-electron chi connectivity index (χ4n) is 3.27. The van der Waals surface area contributed by atoms with Crippen molar-refractivity contribution in [2.45, 2.75) is 0 Å². The smallest absolute Gasteiger partial charge is 0.0715 e. The van der Waals surface area contributed by atoms with Crippen molar-refractivity contribution in [2.24, 2.45) is 15.3 Å². The van der Waals surface area contributed by atoms with Crippen molar-refractivity contribution in [2.75, 3.05) is 0 Å². The molecule has 4 rings (SSSR count). The molecule has 0 bridgehead atoms. The first-order valence-corrected chi connectivity index (χ1v) is 9.69. The number of rotatable bonds is 6. The van der Waals surface area contributed by atoms with Crippen LogP contribution >= 0.6 is 0 Å². The molecule has 0 unspecified atom stereocenters. The van der Waals surface area contributed by atoms with Crippen LogP contribution in [0.15, 0.2) is 100 Å². The predicted molar refractivity (Wildman–Crippen MR) is 127 cm³/mol. The molecule has 0 atom stereocenters. The van der Waals surface area contributed by atoms with E-state index in [9.17, 15) is 0 Å². The van der Waals surface area contributed by atoms with Crippen LogP contribution in [0.2, 0.25) is 0 Å². The van der Waals surface area contributed by atoms with Crippen molar-refractivity contribution in [3.63, 3.8) is 0 Å². The average molecular weight is 430 g/mol. The first-order chi connectivity index (χ1) is 16.2. The van der Waals surface area contributed by atoms with Crippen molar-refractivity contribution < 1.29 is 0 Å². The molecule has 1 aromatic heterocycles. The third kappa shape index (κ3) is 4.91. The van der Waals surface area contributed by atoms with Crippen molar-refractivity contribution in [3.8, 4) is 33.6 Å². The molecule has 0 amide bonds. The molecular formula is C23H14N10. The van der Waals surface area contributed by atoms with Crippen LogP contribution in [0.3, 0.4) is 0 Å². The maximum absolute atomic E-state index is 8.63. The van der Waals surface area contributed by atoms with Crippen molar-refractivity contribution in [1.29, 1.82) is 0 Å². The average Bonchev–Trinajstić information content (AvgIpc) is 2.86. The lowest BCUT2D eigenvalue weighted by Crippen LogP contribution is -1.91. The van der Waals surface area contributed by atoms with Gasteiger partial charge < -0.3 is 0 Å². The van der Waals surface area contributed by atoms with Gasteiger partial charge in [-0.2, -0.15) is 0 Å². The highest BCUT2D eigenvalue weighted by atomic mass is 15.1. The molecule has 0 fully saturated rings. The van der Waals surface area contributed by atoms with Crippen molar-refractivity contribution >= 4 is 17.1 Å². The quantitative estimate of drug-likeness (QED) is 0.167. The highest BCUT2D eigenvalue weighted by molar-refractivity contribution is 5.77. The fourth-order valence-corrected chi connectivity index (χ4v) is 3.27. The lowest BCUT2D eigenvalue weighted by Gasteiger charge is -2.11. The summed E-state index contributed by atoms with van der Waals surface area (Å²) in [6.45, 7) is 0. The molecule has 10 heteroatoms. The van der Waals surface area contributed by atoms with Crippen LogP contribution in [0.4, 0.5) is 17.1 Å². The molecular weight excluding hydrogens is 416 g/mol. The Morgan fingerprint density at radius 1 is 0.455 bits per heavy atom. The zero-order valence-corrected chi connectivity index (χ0v) is 17.1. The standard InChI is InChI=1S/C23H14N10/c24-31-28-19-7-1-15(2-8-19)18-13-22(16-3-9-20(10-4-16)29-32-25)27-23(14-18)17-5-11-21(12-6-17)30-33-26/h1-14H. The Labute approximate surface area is 187 Å². The lowest BCUT2D eigenvalue weighted by molar-refractivity contribution is 1.32. The summed E-state index contributed by atoms with van der Waals surface area (Å²) < 4.78 is 0. The third-order valence-corrected chi connectivity index (χ3v) is 4.83. The van der Waals surface area contributed by atoms with Crippen molar-refractivity contribution in [1.82, 2.24) is 4.98 Å². The van der Waals surface area contributed by atoms with E-state index >= 15 is 0 Å². The molecule has 10 nitrogen and oxygen atoms in total. The largest absolute Gasteiger partial charge is 0.248 e. The number of hydrogen-bond acceptors (Lipinski definition) is 4. The SMILES string of the molecule is [N-]=[N+]=Nc1ccc(-c2cc(-c3ccc(N=[N+]=[N-])cc3)nc(-c3ccc(N=[N+]=[N-])cc3)c2)cc1. The van der Waals surface area contributed by atoms with Gasteiger partial charge in [0.25, 0.3) is 0 Å². The Hall–Kier alpha value is -5.26. The van der Waals surface area contributed by atoms with Crippen LogP contribution < -0.4 is 0 Å². The van der Waals surface area contributed by atoms with E-state index in [2.05, 4.69) is 30.1 Å². The van der Waals surface area contributed by atoms with E-state index in [4.69, 9.17) is 21.6 Å². The van der Waals surface area contributed by atoms with Crippen molar-refractivity contribution in [3.05, 3.63) is 116 Å². The van der Waals surface area contributed by atoms with Gasteiger partial charge in [-0.25, -0.2) is 4.98 Å². The summed E-state index contributed by atoms with van der Waals surface area (Å²) in [6.07, 6.45) is 0. The first-order valence-electron chi connectivity index (χ1n) is 9.69. The molecule has 0 aliphatic carbocycles. The summed E-state index contributed by atoms with van der Waals surface area (Å²) in [7, 11) is 0. The van der Waals surface area contributed by atoms with Crippen LogP contribution in [0, 0.1) is 0 Å². The van der Waals surface area contributed by atoms with Gasteiger partial charge in [-0.05, 0) is 39.9 Å². The molecule has 0 aliphatic heterocycles. The monoisotopic (exact) mass is 430 g/mol. The number of azide groups is 3. The topological polar surface area (TPSA) is 159 Å². The maximum Gasteiger partial charge on any atom is 0.0715 e. The summed E-state index contributed by atoms with van der Waals surface area (Å²) in [5.41, 5.74) is 32.5. The second kappa shape index (κ2) is 9.70. The normalized spacial score (nSPS) is 9.82. The van der Waals surface area contributed by atoms with Gasteiger partial charge in [0.15, 0.2) is 0 Å². The summed E-state index contributed by atoms with van der Waals surface area (Å²) >= 11 is 0. The Morgan fingerprint density at radius 3 is 1.12 bits per heavy atom. The third-order valence-electron chi connectivity index (χ3n) is 4.83. The Kier molecular flexibility index (Phi) is 6.17.